The molecule has 17 heavy (non-hydrogen) atoms. The molecule has 0 fully saturated rings. The van der Waals surface area contributed by atoms with E-state index in [1.165, 1.54) is 29.5 Å². The zero-order valence-corrected chi connectivity index (χ0v) is 10.4. The van der Waals surface area contributed by atoms with Gasteiger partial charge in [-0.25, -0.2) is 8.78 Å². The predicted octanol–water partition coefficient (Wildman–Crippen LogP) is 3.92. The predicted molar refractivity (Wildman–Crippen MR) is 66.3 cm³/mol. The van der Waals surface area contributed by atoms with E-state index in [1.807, 2.05) is 0 Å². The fourth-order valence-corrected chi connectivity index (χ4v) is 2.64. The van der Waals surface area contributed by atoms with E-state index in [1.54, 1.807) is 12.1 Å². The van der Waals surface area contributed by atoms with Crippen molar-refractivity contribution in [2.75, 3.05) is 0 Å². The van der Waals surface area contributed by atoms with Gasteiger partial charge in [0.05, 0.1) is 4.34 Å². The van der Waals surface area contributed by atoms with E-state index in [2.05, 4.69) is 0 Å². The minimum Gasteiger partial charge on any atom is -0.323 e. The molecule has 90 valence electrons. The van der Waals surface area contributed by atoms with E-state index in [0.717, 1.165) is 4.88 Å². The lowest BCUT2D eigenvalue weighted by molar-refractivity contribution is 0.541. The van der Waals surface area contributed by atoms with Crippen LogP contribution in [0.15, 0.2) is 30.3 Å². The van der Waals surface area contributed by atoms with E-state index in [9.17, 15) is 8.78 Å². The Kier molecular flexibility index (Phi) is 3.76. The summed E-state index contributed by atoms with van der Waals surface area (Å²) in [5.74, 6) is -1.13. The highest BCUT2D eigenvalue weighted by atomic mass is 35.5. The summed E-state index contributed by atoms with van der Waals surface area (Å²) in [5.41, 5.74) is 5.91. The third-order valence-electron chi connectivity index (χ3n) is 2.45. The number of benzene rings is 1. The van der Waals surface area contributed by atoms with Crippen molar-refractivity contribution in [2.45, 2.75) is 12.5 Å². The van der Waals surface area contributed by atoms with Gasteiger partial charge in [0.15, 0.2) is 0 Å². The number of nitrogens with two attached hydrogens (primary N) is 1. The van der Waals surface area contributed by atoms with Gasteiger partial charge in [0.1, 0.15) is 11.6 Å². The van der Waals surface area contributed by atoms with Crippen LogP contribution in [0, 0.1) is 11.6 Å². The second kappa shape index (κ2) is 5.12. The lowest BCUT2D eigenvalue weighted by Gasteiger charge is -2.11. The number of thiophene rings is 1. The quantitative estimate of drug-likeness (QED) is 0.901. The van der Waals surface area contributed by atoms with Gasteiger partial charge in [-0.2, -0.15) is 0 Å². The van der Waals surface area contributed by atoms with Crippen molar-refractivity contribution in [3.63, 3.8) is 0 Å². The molecule has 2 rings (SSSR count). The number of hydrogen-bond acceptors (Lipinski definition) is 2. The molecule has 0 aliphatic heterocycles. The Balaban J connectivity index is 2.21. The summed E-state index contributed by atoms with van der Waals surface area (Å²) in [4.78, 5) is 0.817. The van der Waals surface area contributed by atoms with Crippen LogP contribution in [0.5, 0.6) is 0 Å². The van der Waals surface area contributed by atoms with Crippen molar-refractivity contribution < 1.29 is 8.78 Å². The largest absolute Gasteiger partial charge is 0.323 e. The van der Waals surface area contributed by atoms with Crippen LogP contribution in [0.4, 0.5) is 8.78 Å². The van der Waals surface area contributed by atoms with E-state index >= 15 is 0 Å². The molecule has 0 saturated carbocycles. The van der Waals surface area contributed by atoms with Crippen LogP contribution >= 0.6 is 22.9 Å². The van der Waals surface area contributed by atoms with Crippen molar-refractivity contribution >= 4 is 22.9 Å². The maximum absolute atomic E-state index is 13.4. The first-order valence-electron chi connectivity index (χ1n) is 5.01. The zero-order valence-electron chi connectivity index (χ0n) is 8.79. The average Bonchev–Trinajstić information content (AvgIpc) is 2.70. The molecule has 0 aliphatic carbocycles. The highest BCUT2D eigenvalue weighted by Crippen LogP contribution is 2.28. The molecule has 0 bridgehead atoms. The maximum Gasteiger partial charge on any atom is 0.129 e. The topological polar surface area (TPSA) is 26.0 Å². The van der Waals surface area contributed by atoms with Crippen LogP contribution in [-0.4, -0.2) is 0 Å². The van der Waals surface area contributed by atoms with Crippen LogP contribution in [0.3, 0.4) is 0 Å². The Hall–Kier alpha value is -0.970. The smallest absolute Gasteiger partial charge is 0.129 e. The monoisotopic (exact) mass is 273 g/mol. The summed E-state index contributed by atoms with van der Waals surface area (Å²) >= 11 is 7.11. The van der Waals surface area contributed by atoms with Crippen molar-refractivity contribution in [1.82, 2.24) is 0 Å². The molecule has 2 aromatic rings. The minimum absolute atomic E-state index is 0.0181. The second-order valence-corrected chi connectivity index (χ2v) is 5.40. The number of hydrogen-bond donors (Lipinski definition) is 1. The fourth-order valence-electron chi connectivity index (χ4n) is 1.58. The molecular weight excluding hydrogens is 264 g/mol. The standard InChI is InChI=1S/C12H10ClF2NS/c13-12-5-4-11(17-12)10(16)6-7-8(14)2-1-3-9(7)15/h1-5,10H,6,16H2. The van der Waals surface area contributed by atoms with E-state index < -0.39 is 17.7 Å². The Morgan fingerprint density at radius 3 is 2.35 bits per heavy atom. The first-order chi connectivity index (χ1) is 8.08. The summed E-state index contributed by atoms with van der Waals surface area (Å²) in [6, 6.07) is 6.84. The average molecular weight is 274 g/mol. The van der Waals surface area contributed by atoms with Crippen molar-refractivity contribution in [1.29, 1.82) is 0 Å². The van der Waals surface area contributed by atoms with Crippen LogP contribution in [0.25, 0.3) is 0 Å². The van der Waals surface area contributed by atoms with Gasteiger partial charge in [-0.05, 0) is 30.7 Å². The van der Waals surface area contributed by atoms with Gasteiger partial charge in [-0.1, -0.05) is 17.7 Å². The molecule has 0 spiro atoms. The van der Waals surface area contributed by atoms with Gasteiger partial charge in [0.25, 0.3) is 0 Å². The summed E-state index contributed by atoms with van der Waals surface area (Å²) in [6.07, 6.45) is 0.120. The minimum atomic E-state index is -0.567. The Labute approximate surface area is 107 Å². The lowest BCUT2D eigenvalue weighted by atomic mass is 10.0. The first-order valence-corrected chi connectivity index (χ1v) is 6.21. The van der Waals surface area contributed by atoms with E-state index in [4.69, 9.17) is 17.3 Å². The molecule has 2 N–H and O–H groups in total. The summed E-state index contributed by atoms with van der Waals surface area (Å²) in [7, 11) is 0. The Morgan fingerprint density at radius 2 is 1.82 bits per heavy atom. The normalized spacial score (nSPS) is 12.7. The van der Waals surface area contributed by atoms with Gasteiger partial charge in [-0.3, -0.25) is 0 Å². The molecule has 1 nitrogen and oxygen atoms in total. The summed E-state index contributed by atoms with van der Waals surface area (Å²) in [6.45, 7) is 0. The van der Waals surface area contributed by atoms with Crippen LogP contribution in [0.1, 0.15) is 16.5 Å². The Bertz CT molecular complexity index is 507. The highest BCUT2D eigenvalue weighted by molar-refractivity contribution is 7.16. The second-order valence-electron chi connectivity index (χ2n) is 3.65. The molecule has 1 aromatic heterocycles. The van der Waals surface area contributed by atoms with Crippen molar-refractivity contribution in [3.8, 4) is 0 Å². The van der Waals surface area contributed by atoms with Crippen molar-refractivity contribution in [3.05, 3.63) is 56.7 Å². The fraction of sp³-hybridized carbons (Fsp3) is 0.167. The van der Waals surface area contributed by atoms with Crippen LogP contribution < -0.4 is 5.73 Å². The van der Waals surface area contributed by atoms with Gasteiger partial charge < -0.3 is 5.73 Å². The van der Waals surface area contributed by atoms with E-state index in [-0.39, 0.29) is 12.0 Å². The Morgan fingerprint density at radius 1 is 1.18 bits per heavy atom. The molecule has 1 atom stereocenters. The molecule has 0 saturated heterocycles. The molecule has 1 heterocycles. The SMILES string of the molecule is NC(Cc1c(F)cccc1F)c1ccc(Cl)s1. The third-order valence-corrected chi connectivity index (χ3v) is 3.81. The van der Waals surface area contributed by atoms with Gasteiger partial charge in [0.2, 0.25) is 0 Å². The van der Waals surface area contributed by atoms with Gasteiger partial charge in [-0.15, -0.1) is 11.3 Å². The number of halogens is 3. The van der Waals surface area contributed by atoms with Crippen molar-refractivity contribution in [2.24, 2.45) is 5.73 Å². The zero-order chi connectivity index (χ0) is 12.4. The van der Waals surface area contributed by atoms with Gasteiger partial charge >= 0.3 is 0 Å². The molecule has 5 heteroatoms. The molecule has 1 unspecified atom stereocenters. The highest BCUT2D eigenvalue weighted by Gasteiger charge is 2.15. The van der Waals surface area contributed by atoms with Gasteiger partial charge in [0, 0.05) is 16.5 Å². The maximum atomic E-state index is 13.4. The molecule has 1 aromatic carbocycles. The molecule has 0 radical (unpaired) electrons. The first kappa shape index (κ1) is 12.5. The molecule has 0 amide bonds. The van der Waals surface area contributed by atoms with Crippen LogP contribution in [0.2, 0.25) is 4.34 Å². The third kappa shape index (κ3) is 2.83. The number of rotatable bonds is 3. The summed E-state index contributed by atoms with van der Waals surface area (Å²) in [5, 5.41) is 0. The van der Waals surface area contributed by atoms with E-state index in [0.29, 0.717) is 4.34 Å². The molecular formula is C12H10ClF2NS. The molecule has 0 aliphatic rings. The lowest BCUT2D eigenvalue weighted by Crippen LogP contribution is -2.13. The summed E-state index contributed by atoms with van der Waals surface area (Å²) < 4.78 is 27.4. The van der Waals surface area contributed by atoms with Crippen LogP contribution in [-0.2, 0) is 6.42 Å².